The zero-order valence-corrected chi connectivity index (χ0v) is 15.5. The molecule has 2 aromatic rings. The third kappa shape index (κ3) is 3.98. The summed E-state index contributed by atoms with van der Waals surface area (Å²) in [5, 5.41) is 3.64. The number of aromatic nitrogens is 3. The van der Waals surface area contributed by atoms with Crippen molar-refractivity contribution in [3.05, 3.63) is 62.3 Å². The minimum Gasteiger partial charge on any atom is -0.383 e. The summed E-state index contributed by atoms with van der Waals surface area (Å²) in [4.78, 5) is 25.2. The van der Waals surface area contributed by atoms with E-state index in [-0.39, 0.29) is 23.5 Å². The molecule has 2 heterocycles. The summed E-state index contributed by atoms with van der Waals surface area (Å²) in [5.41, 5.74) is 0.951. The fraction of sp³-hybridized carbons (Fsp3) is 0.294. The average molecular weight is 384 g/mol. The molecule has 0 aliphatic rings. The Kier molecular flexibility index (Phi) is 6.47. The van der Waals surface area contributed by atoms with E-state index in [2.05, 4.69) is 11.7 Å². The molecule has 0 aliphatic carbocycles. The number of hydrogen-bond acceptors (Lipinski definition) is 3. The van der Waals surface area contributed by atoms with Gasteiger partial charge in [-0.25, -0.2) is 0 Å². The Morgan fingerprint density at radius 1 is 1.44 bits per heavy atom. The summed E-state index contributed by atoms with van der Waals surface area (Å²) >= 11 is 12.0. The average Bonchev–Trinajstić information content (AvgIpc) is 2.86. The second-order valence-corrected chi connectivity index (χ2v) is 6.03. The molecule has 0 fully saturated rings. The molecule has 0 aromatic carbocycles. The number of H-pyrrole nitrogens is 1. The molecule has 0 saturated carbocycles. The molecule has 0 saturated heterocycles. The number of allylic oxidation sites excluding steroid dienone is 5. The molecule has 0 amide bonds. The summed E-state index contributed by atoms with van der Waals surface area (Å²) in [6, 6.07) is 1.40. The standard InChI is InChI=1S/C17H19Cl2N3O3/c1-4-12(19)9-11(5-6-18)16-15-13(20-21(2)17(15)24)10-14(23)22(16)7-8-25-3/h4-5,9-10,20H,1,6-8H2,2-3H3/b11-5+,12-9+. The molecule has 134 valence electrons. The normalized spacial score (nSPS) is 12.8. The first kappa shape index (κ1) is 19.3. The van der Waals surface area contributed by atoms with Crippen molar-refractivity contribution in [2.24, 2.45) is 7.05 Å². The number of methoxy groups -OCH3 is 1. The number of pyridine rings is 1. The van der Waals surface area contributed by atoms with Crippen molar-refractivity contribution >= 4 is 39.7 Å². The molecule has 0 unspecified atom stereocenters. The van der Waals surface area contributed by atoms with E-state index in [0.717, 1.165) is 0 Å². The summed E-state index contributed by atoms with van der Waals surface area (Å²) in [5.74, 6) is 0.187. The van der Waals surface area contributed by atoms with Crippen molar-refractivity contribution in [1.29, 1.82) is 0 Å². The Hall–Kier alpha value is -2.02. The summed E-state index contributed by atoms with van der Waals surface area (Å²) in [7, 11) is 3.14. The molecule has 2 aromatic heterocycles. The van der Waals surface area contributed by atoms with Gasteiger partial charge in [0.25, 0.3) is 11.1 Å². The van der Waals surface area contributed by atoms with Crippen LogP contribution in [0.3, 0.4) is 0 Å². The van der Waals surface area contributed by atoms with Gasteiger partial charge in [0.15, 0.2) is 0 Å². The van der Waals surface area contributed by atoms with Gasteiger partial charge in [-0.2, -0.15) is 0 Å². The summed E-state index contributed by atoms with van der Waals surface area (Å²) < 4.78 is 7.91. The minimum atomic E-state index is -0.259. The fourth-order valence-electron chi connectivity index (χ4n) is 2.57. The fourth-order valence-corrected chi connectivity index (χ4v) is 2.85. The van der Waals surface area contributed by atoms with Crippen molar-refractivity contribution in [3.63, 3.8) is 0 Å². The zero-order valence-electron chi connectivity index (χ0n) is 14.0. The van der Waals surface area contributed by atoms with Gasteiger partial charge in [0, 0.05) is 37.7 Å². The smallest absolute Gasteiger partial charge is 0.276 e. The number of fused-ring (bicyclic) bond motifs is 1. The quantitative estimate of drug-likeness (QED) is 0.590. The number of hydrogen-bond donors (Lipinski definition) is 1. The molecule has 0 atom stereocenters. The third-order valence-electron chi connectivity index (χ3n) is 3.69. The molecule has 0 radical (unpaired) electrons. The van der Waals surface area contributed by atoms with Crippen molar-refractivity contribution in [1.82, 2.24) is 14.3 Å². The van der Waals surface area contributed by atoms with Crippen LogP contribution in [0.15, 0.2) is 45.5 Å². The number of nitrogens with one attached hydrogen (secondary N) is 1. The lowest BCUT2D eigenvalue weighted by Crippen LogP contribution is -2.26. The first-order chi connectivity index (χ1) is 11.9. The minimum absolute atomic E-state index is 0.187. The lowest BCUT2D eigenvalue weighted by atomic mass is 10.1. The van der Waals surface area contributed by atoms with Gasteiger partial charge >= 0.3 is 0 Å². The second-order valence-electron chi connectivity index (χ2n) is 5.29. The first-order valence-corrected chi connectivity index (χ1v) is 8.43. The van der Waals surface area contributed by atoms with Crippen LogP contribution < -0.4 is 11.1 Å². The van der Waals surface area contributed by atoms with Crippen LogP contribution >= 0.6 is 23.2 Å². The number of halogens is 2. The van der Waals surface area contributed by atoms with Crippen LogP contribution in [0, 0.1) is 0 Å². The van der Waals surface area contributed by atoms with E-state index >= 15 is 0 Å². The molecule has 1 N–H and O–H groups in total. The van der Waals surface area contributed by atoms with E-state index < -0.39 is 0 Å². The highest BCUT2D eigenvalue weighted by Crippen LogP contribution is 2.24. The molecule has 25 heavy (non-hydrogen) atoms. The van der Waals surface area contributed by atoms with Crippen LogP contribution in [-0.4, -0.2) is 33.9 Å². The van der Waals surface area contributed by atoms with Crippen LogP contribution in [0.1, 0.15) is 5.69 Å². The highest BCUT2D eigenvalue weighted by atomic mass is 35.5. The van der Waals surface area contributed by atoms with E-state index in [1.54, 1.807) is 26.3 Å². The Balaban J connectivity index is 2.94. The first-order valence-electron chi connectivity index (χ1n) is 7.52. The predicted molar refractivity (Wildman–Crippen MR) is 103 cm³/mol. The van der Waals surface area contributed by atoms with Gasteiger partial charge in [-0.1, -0.05) is 30.3 Å². The highest BCUT2D eigenvalue weighted by Gasteiger charge is 2.18. The largest absolute Gasteiger partial charge is 0.383 e. The number of alkyl halides is 1. The topological polar surface area (TPSA) is 69.0 Å². The second kappa shape index (κ2) is 8.38. The van der Waals surface area contributed by atoms with Crippen molar-refractivity contribution in [2.45, 2.75) is 6.54 Å². The van der Waals surface area contributed by atoms with E-state index in [4.69, 9.17) is 27.9 Å². The predicted octanol–water partition coefficient (Wildman–Crippen LogP) is 2.61. The molecule has 6 nitrogen and oxygen atoms in total. The molecule has 0 aliphatic heterocycles. The lowest BCUT2D eigenvalue weighted by molar-refractivity contribution is 0.186. The lowest BCUT2D eigenvalue weighted by Gasteiger charge is -2.14. The number of ether oxygens (including phenoxy) is 1. The Morgan fingerprint density at radius 2 is 2.16 bits per heavy atom. The summed E-state index contributed by atoms with van der Waals surface area (Å²) in [6.45, 7) is 4.22. The van der Waals surface area contributed by atoms with Crippen molar-refractivity contribution in [2.75, 3.05) is 19.6 Å². The van der Waals surface area contributed by atoms with E-state index in [1.165, 1.54) is 21.4 Å². The van der Waals surface area contributed by atoms with Crippen LogP contribution in [0.4, 0.5) is 0 Å². The maximum Gasteiger partial charge on any atom is 0.276 e. The van der Waals surface area contributed by atoms with Crippen molar-refractivity contribution in [3.8, 4) is 0 Å². The molecule has 8 heteroatoms. The number of rotatable bonds is 7. The van der Waals surface area contributed by atoms with E-state index in [0.29, 0.717) is 33.8 Å². The van der Waals surface area contributed by atoms with Crippen LogP contribution in [0.25, 0.3) is 16.5 Å². The van der Waals surface area contributed by atoms with Gasteiger partial charge in [-0.15, -0.1) is 11.6 Å². The summed E-state index contributed by atoms with van der Waals surface area (Å²) in [6.07, 6.45) is 4.79. The monoisotopic (exact) mass is 383 g/mol. The number of nitrogens with zero attached hydrogens (tertiary/aromatic N) is 2. The maximum atomic E-state index is 12.6. The number of aromatic amines is 1. The van der Waals surface area contributed by atoms with Gasteiger partial charge in [0.1, 0.15) is 0 Å². The van der Waals surface area contributed by atoms with Gasteiger partial charge in [-0.05, 0) is 11.6 Å². The number of aryl methyl sites for hydroxylation is 1. The zero-order chi connectivity index (χ0) is 18.6. The molecule has 0 spiro atoms. The maximum absolute atomic E-state index is 12.6. The van der Waals surface area contributed by atoms with Gasteiger partial charge in [0.05, 0.1) is 23.2 Å². The highest BCUT2D eigenvalue weighted by molar-refractivity contribution is 6.32. The molecular weight excluding hydrogens is 365 g/mol. The van der Waals surface area contributed by atoms with Crippen molar-refractivity contribution < 1.29 is 4.74 Å². The van der Waals surface area contributed by atoms with Crippen LogP contribution in [0.5, 0.6) is 0 Å². The van der Waals surface area contributed by atoms with Crippen LogP contribution in [-0.2, 0) is 18.3 Å². The van der Waals surface area contributed by atoms with Gasteiger partial charge < -0.3 is 9.30 Å². The Morgan fingerprint density at radius 3 is 2.76 bits per heavy atom. The van der Waals surface area contributed by atoms with Gasteiger partial charge in [-0.3, -0.25) is 19.4 Å². The Labute approximate surface area is 154 Å². The van der Waals surface area contributed by atoms with E-state index in [1.807, 2.05) is 0 Å². The molecule has 0 bridgehead atoms. The SMILES string of the molecule is C=C/C(Cl)=C\C(=C/CCl)c1c2c(=O)n(C)[nH]c2cc(=O)n1CCOC. The third-order valence-corrected chi connectivity index (χ3v) is 4.11. The Bertz CT molecular complexity index is 964. The molecular formula is C17H19Cl2N3O3. The van der Waals surface area contributed by atoms with Gasteiger partial charge in [0.2, 0.25) is 0 Å². The van der Waals surface area contributed by atoms with Crippen LogP contribution in [0.2, 0.25) is 0 Å². The molecule has 2 rings (SSSR count). The van der Waals surface area contributed by atoms with E-state index in [9.17, 15) is 9.59 Å².